The van der Waals surface area contributed by atoms with Crippen molar-refractivity contribution in [1.82, 2.24) is 10.3 Å². The van der Waals surface area contributed by atoms with Crippen molar-refractivity contribution in [3.63, 3.8) is 0 Å². The van der Waals surface area contributed by atoms with Crippen molar-refractivity contribution in [2.45, 2.75) is 31.7 Å². The van der Waals surface area contributed by atoms with E-state index < -0.39 is 24.3 Å². The van der Waals surface area contributed by atoms with Gasteiger partial charge in [0, 0.05) is 25.3 Å². The van der Waals surface area contributed by atoms with E-state index in [4.69, 9.17) is 0 Å². The standard InChI is InChI=1S/C19H18F5N3O2/c20-18(21)29-15-4-2-1-3-14(15)17(28)26-13-7-9-27(10-8-13)16-6-5-12(11-25-16)19(22,23)24/h1-6,11,13,18H,7-10H2,(H,26,28). The van der Waals surface area contributed by atoms with Crippen LogP contribution in [0.1, 0.15) is 28.8 Å². The summed E-state index contributed by atoms with van der Waals surface area (Å²) in [5.41, 5.74) is -0.798. The van der Waals surface area contributed by atoms with Crippen LogP contribution in [0.4, 0.5) is 27.8 Å². The first-order chi connectivity index (χ1) is 13.7. The number of carbonyl (C=O) groups excluding carboxylic acids is 1. The molecular weight excluding hydrogens is 397 g/mol. The summed E-state index contributed by atoms with van der Waals surface area (Å²) in [6, 6.07) is 7.83. The number of hydrogen-bond donors (Lipinski definition) is 1. The van der Waals surface area contributed by atoms with E-state index in [0.29, 0.717) is 31.7 Å². The number of carbonyl (C=O) groups is 1. The van der Waals surface area contributed by atoms with Crippen LogP contribution in [0.5, 0.6) is 5.75 Å². The van der Waals surface area contributed by atoms with Gasteiger partial charge in [-0.1, -0.05) is 12.1 Å². The summed E-state index contributed by atoms with van der Waals surface area (Å²) in [4.78, 5) is 18.1. The summed E-state index contributed by atoms with van der Waals surface area (Å²) in [6.45, 7) is -2.07. The highest BCUT2D eigenvalue weighted by Gasteiger charge is 2.31. The van der Waals surface area contributed by atoms with Crippen molar-refractivity contribution in [1.29, 1.82) is 0 Å². The number of aromatic nitrogens is 1. The minimum atomic E-state index is -4.44. The zero-order valence-electron chi connectivity index (χ0n) is 15.1. The molecule has 0 spiro atoms. The van der Waals surface area contributed by atoms with Gasteiger partial charge in [-0.15, -0.1) is 0 Å². The molecule has 0 aliphatic carbocycles. The maximum atomic E-state index is 12.6. The number of hydrogen-bond acceptors (Lipinski definition) is 4. The van der Waals surface area contributed by atoms with Gasteiger partial charge in [0.25, 0.3) is 5.91 Å². The second-order valence-corrected chi connectivity index (χ2v) is 6.51. The predicted octanol–water partition coefficient (Wildman–Crippen LogP) is 4.10. The van der Waals surface area contributed by atoms with Gasteiger partial charge in [-0.05, 0) is 37.1 Å². The quantitative estimate of drug-likeness (QED) is 0.748. The number of benzene rings is 1. The van der Waals surface area contributed by atoms with Crippen molar-refractivity contribution in [3.05, 3.63) is 53.7 Å². The Labute approximate surface area is 163 Å². The second kappa shape index (κ2) is 8.62. The molecule has 1 amide bonds. The van der Waals surface area contributed by atoms with Crippen LogP contribution in [-0.4, -0.2) is 36.6 Å². The molecule has 10 heteroatoms. The van der Waals surface area contributed by atoms with E-state index in [0.717, 1.165) is 12.3 Å². The van der Waals surface area contributed by atoms with Crippen molar-refractivity contribution in [2.75, 3.05) is 18.0 Å². The maximum absolute atomic E-state index is 12.6. The van der Waals surface area contributed by atoms with E-state index in [1.54, 1.807) is 6.07 Å². The lowest BCUT2D eigenvalue weighted by Gasteiger charge is -2.33. The third-order valence-corrected chi connectivity index (χ3v) is 4.58. The second-order valence-electron chi connectivity index (χ2n) is 6.51. The predicted molar refractivity (Wildman–Crippen MR) is 95.0 cm³/mol. The minimum Gasteiger partial charge on any atom is -0.434 e. The Balaban J connectivity index is 1.57. The van der Waals surface area contributed by atoms with Gasteiger partial charge in [0.2, 0.25) is 0 Å². The monoisotopic (exact) mass is 415 g/mol. The number of halogens is 5. The zero-order chi connectivity index (χ0) is 21.0. The molecule has 0 bridgehead atoms. The Bertz CT molecular complexity index is 834. The fourth-order valence-corrected chi connectivity index (χ4v) is 3.11. The zero-order valence-corrected chi connectivity index (χ0v) is 15.1. The SMILES string of the molecule is O=C(NC1CCN(c2ccc(C(F)(F)F)cn2)CC1)c1ccccc1OC(F)F. The fraction of sp³-hybridized carbons (Fsp3) is 0.368. The van der Waals surface area contributed by atoms with Crippen LogP contribution >= 0.6 is 0 Å². The number of nitrogens with one attached hydrogen (secondary N) is 1. The molecule has 5 nitrogen and oxygen atoms in total. The van der Waals surface area contributed by atoms with Gasteiger partial charge in [-0.2, -0.15) is 22.0 Å². The molecule has 1 aromatic heterocycles. The van der Waals surface area contributed by atoms with Gasteiger partial charge in [0.15, 0.2) is 0 Å². The molecule has 1 aromatic carbocycles. The Hall–Kier alpha value is -2.91. The molecule has 1 N–H and O–H groups in total. The molecular formula is C19H18F5N3O2. The summed E-state index contributed by atoms with van der Waals surface area (Å²) in [7, 11) is 0. The molecule has 1 aliphatic rings. The highest BCUT2D eigenvalue weighted by atomic mass is 19.4. The van der Waals surface area contributed by atoms with Crippen molar-refractivity contribution in [3.8, 4) is 5.75 Å². The van der Waals surface area contributed by atoms with Gasteiger partial charge in [-0.25, -0.2) is 4.98 Å². The van der Waals surface area contributed by atoms with Crippen molar-refractivity contribution >= 4 is 11.7 Å². The van der Waals surface area contributed by atoms with E-state index in [1.807, 2.05) is 4.90 Å². The third-order valence-electron chi connectivity index (χ3n) is 4.58. The van der Waals surface area contributed by atoms with Gasteiger partial charge in [-0.3, -0.25) is 4.79 Å². The summed E-state index contributed by atoms with van der Waals surface area (Å²) in [5.74, 6) is -0.294. The lowest BCUT2D eigenvalue weighted by atomic mass is 10.0. The van der Waals surface area contributed by atoms with Crippen LogP contribution in [0.2, 0.25) is 0 Å². The first-order valence-electron chi connectivity index (χ1n) is 8.87. The van der Waals surface area contributed by atoms with Crippen LogP contribution in [-0.2, 0) is 6.18 Å². The Kier molecular flexibility index (Phi) is 6.19. The molecule has 2 aromatic rings. The van der Waals surface area contributed by atoms with E-state index in [1.165, 1.54) is 24.3 Å². The van der Waals surface area contributed by atoms with Gasteiger partial charge < -0.3 is 15.0 Å². The summed E-state index contributed by atoms with van der Waals surface area (Å²) in [5, 5.41) is 2.79. The summed E-state index contributed by atoms with van der Waals surface area (Å²) in [6.07, 6.45) is -2.57. The van der Waals surface area contributed by atoms with E-state index in [-0.39, 0.29) is 17.4 Å². The van der Waals surface area contributed by atoms with Gasteiger partial charge in [0.1, 0.15) is 11.6 Å². The summed E-state index contributed by atoms with van der Waals surface area (Å²) < 4.78 is 67.2. The van der Waals surface area contributed by atoms with Crippen molar-refractivity contribution in [2.24, 2.45) is 0 Å². The lowest BCUT2D eigenvalue weighted by Crippen LogP contribution is -2.45. The molecule has 1 aliphatic heterocycles. The topological polar surface area (TPSA) is 54.5 Å². The molecule has 2 heterocycles. The third kappa shape index (κ3) is 5.33. The molecule has 0 radical (unpaired) electrons. The van der Waals surface area contributed by atoms with Gasteiger partial charge in [0.05, 0.1) is 11.1 Å². The highest BCUT2D eigenvalue weighted by molar-refractivity contribution is 5.97. The number of rotatable bonds is 5. The molecule has 0 saturated carbocycles. The van der Waals surface area contributed by atoms with Crippen LogP contribution in [0.15, 0.2) is 42.6 Å². The molecule has 1 saturated heterocycles. The maximum Gasteiger partial charge on any atom is 0.417 e. The number of piperidine rings is 1. The van der Waals surface area contributed by atoms with Crippen LogP contribution < -0.4 is 15.0 Å². The smallest absolute Gasteiger partial charge is 0.417 e. The highest BCUT2D eigenvalue weighted by Crippen LogP contribution is 2.30. The fourth-order valence-electron chi connectivity index (χ4n) is 3.11. The summed E-state index contributed by atoms with van der Waals surface area (Å²) >= 11 is 0. The number of amides is 1. The Morgan fingerprint density at radius 3 is 2.41 bits per heavy atom. The van der Waals surface area contributed by atoms with E-state index in [9.17, 15) is 26.7 Å². The van der Waals surface area contributed by atoms with Crippen LogP contribution in [0.25, 0.3) is 0 Å². The van der Waals surface area contributed by atoms with Crippen LogP contribution in [0.3, 0.4) is 0 Å². The first-order valence-corrected chi connectivity index (χ1v) is 8.87. The first kappa shape index (κ1) is 20.8. The lowest BCUT2D eigenvalue weighted by molar-refractivity contribution is -0.137. The number of nitrogens with zero attached hydrogens (tertiary/aromatic N) is 2. The molecule has 3 rings (SSSR count). The number of para-hydroxylation sites is 1. The molecule has 0 unspecified atom stereocenters. The molecule has 1 fully saturated rings. The Morgan fingerprint density at radius 1 is 1.14 bits per heavy atom. The van der Waals surface area contributed by atoms with Crippen LogP contribution in [0, 0.1) is 0 Å². The number of alkyl halides is 5. The Morgan fingerprint density at radius 2 is 1.83 bits per heavy atom. The van der Waals surface area contributed by atoms with Crippen molar-refractivity contribution < 1.29 is 31.5 Å². The largest absolute Gasteiger partial charge is 0.434 e. The average molecular weight is 415 g/mol. The molecule has 156 valence electrons. The molecule has 29 heavy (non-hydrogen) atoms. The minimum absolute atomic E-state index is 0.0136. The molecule has 0 atom stereocenters. The number of pyridine rings is 1. The van der Waals surface area contributed by atoms with Gasteiger partial charge >= 0.3 is 12.8 Å². The van der Waals surface area contributed by atoms with E-state index in [2.05, 4.69) is 15.0 Å². The number of ether oxygens (including phenoxy) is 1. The number of anilines is 1. The van der Waals surface area contributed by atoms with E-state index >= 15 is 0 Å². The average Bonchev–Trinajstić information content (AvgIpc) is 2.68. The normalized spacial score (nSPS) is 15.4.